The number of aliphatic hydroxyl groups excluding tert-OH is 1. The first-order valence-electron chi connectivity index (χ1n) is 11.5. The number of benzene rings is 2. The van der Waals surface area contributed by atoms with Gasteiger partial charge in [0.2, 0.25) is 5.91 Å². The summed E-state index contributed by atoms with van der Waals surface area (Å²) in [6, 6.07) is 17.3. The molecule has 6 nitrogen and oxygen atoms in total. The fourth-order valence-corrected chi connectivity index (χ4v) is 5.09. The summed E-state index contributed by atoms with van der Waals surface area (Å²) >= 11 is 0. The second-order valence-electron chi connectivity index (χ2n) is 8.71. The average molecular weight is 454 g/mol. The van der Waals surface area contributed by atoms with Gasteiger partial charge >= 0.3 is 0 Å². The third kappa shape index (κ3) is 4.23. The van der Waals surface area contributed by atoms with Gasteiger partial charge in [0.1, 0.15) is 5.75 Å². The van der Waals surface area contributed by atoms with Crippen molar-refractivity contribution >= 4 is 11.6 Å². The minimum atomic E-state index is -0.0921. The molecule has 1 aromatic heterocycles. The lowest BCUT2D eigenvalue weighted by Gasteiger charge is -2.39. The highest BCUT2D eigenvalue weighted by molar-refractivity contribution is 5.80. The summed E-state index contributed by atoms with van der Waals surface area (Å²) in [5, 5.41) is 13.5. The quantitative estimate of drug-likeness (QED) is 0.593. The van der Waals surface area contributed by atoms with Crippen molar-refractivity contribution in [2.75, 3.05) is 25.6 Å². The van der Waals surface area contributed by atoms with Gasteiger partial charge in [-0.3, -0.25) is 9.78 Å². The molecule has 0 aliphatic carbocycles. The molecule has 0 bridgehead atoms. The van der Waals surface area contributed by atoms with Gasteiger partial charge in [-0.2, -0.15) is 0 Å². The van der Waals surface area contributed by atoms with E-state index in [9.17, 15) is 9.90 Å². The number of nitrogens with zero attached hydrogens (tertiary/aromatic N) is 2. The van der Waals surface area contributed by atoms with E-state index in [0.717, 1.165) is 40.1 Å². The third-order valence-corrected chi connectivity index (χ3v) is 6.72. The number of carbonyl (C=O) groups is 1. The van der Waals surface area contributed by atoms with Gasteiger partial charge in [0, 0.05) is 36.1 Å². The van der Waals surface area contributed by atoms with Crippen molar-refractivity contribution < 1.29 is 14.6 Å². The minimum absolute atomic E-state index is 0.0284. The number of hydrogen-bond acceptors (Lipinski definition) is 5. The number of pyridine rings is 1. The van der Waals surface area contributed by atoms with Crippen molar-refractivity contribution in [2.45, 2.75) is 24.9 Å². The summed E-state index contributed by atoms with van der Waals surface area (Å²) < 4.78 is 5.41. The van der Waals surface area contributed by atoms with Crippen LogP contribution in [0.15, 0.2) is 67.0 Å². The van der Waals surface area contributed by atoms with E-state index >= 15 is 0 Å². The Kier molecular flexibility index (Phi) is 6.20. The second kappa shape index (κ2) is 9.58. The molecule has 6 heteroatoms. The van der Waals surface area contributed by atoms with Crippen LogP contribution in [0.1, 0.15) is 34.7 Å². The zero-order chi connectivity index (χ0) is 23.5. The SMILES string of the molecule is COc1ccccc1C#Cc1ccc2c(c1)[C@H]1[C@H](CCN1C(=O)Cc1cccnc1)[C@H](CO)N2. The lowest BCUT2D eigenvalue weighted by Crippen LogP contribution is -2.43. The Balaban J connectivity index is 1.47. The molecule has 3 heterocycles. The summed E-state index contributed by atoms with van der Waals surface area (Å²) in [4.78, 5) is 19.4. The van der Waals surface area contributed by atoms with E-state index in [1.54, 1.807) is 19.5 Å². The van der Waals surface area contributed by atoms with E-state index in [-0.39, 0.29) is 30.5 Å². The molecule has 2 aromatic carbocycles. The summed E-state index contributed by atoms with van der Waals surface area (Å²) in [5.41, 5.74) is 4.61. The van der Waals surface area contributed by atoms with Crippen molar-refractivity contribution in [3.63, 3.8) is 0 Å². The largest absolute Gasteiger partial charge is 0.495 e. The Hall–Kier alpha value is -3.82. The lowest BCUT2D eigenvalue weighted by atomic mass is 9.82. The molecule has 2 N–H and O–H groups in total. The van der Waals surface area contributed by atoms with Crippen molar-refractivity contribution in [2.24, 2.45) is 5.92 Å². The van der Waals surface area contributed by atoms with Crippen LogP contribution in [0.4, 0.5) is 5.69 Å². The summed E-state index contributed by atoms with van der Waals surface area (Å²) in [7, 11) is 1.64. The fourth-order valence-electron chi connectivity index (χ4n) is 5.09. The number of para-hydroxylation sites is 1. The number of nitrogens with one attached hydrogen (secondary N) is 1. The maximum Gasteiger partial charge on any atom is 0.227 e. The Morgan fingerprint density at radius 3 is 2.88 bits per heavy atom. The second-order valence-corrected chi connectivity index (χ2v) is 8.71. The van der Waals surface area contributed by atoms with Crippen molar-refractivity contribution in [1.29, 1.82) is 0 Å². The first-order valence-corrected chi connectivity index (χ1v) is 11.5. The molecule has 1 amide bonds. The van der Waals surface area contributed by atoms with Crippen LogP contribution in [0.2, 0.25) is 0 Å². The van der Waals surface area contributed by atoms with E-state index in [1.807, 2.05) is 53.4 Å². The maximum atomic E-state index is 13.3. The van der Waals surface area contributed by atoms with Crippen LogP contribution >= 0.6 is 0 Å². The molecule has 1 saturated heterocycles. The predicted octanol–water partition coefficient (Wildman–Crippen LogP) is 3.41. The first-order chi connectivity index (χ1) is 16.7. The number of amides is 1. The molecule has 172 valence electrons. The highest BCUT2D eigenvalue weighted by Crippen LogP contribution is 2.46. The maximum absolute atomic E-state index is 13.3. The molecule has 0 spiro atoms. The van der Waals surface area contributed by atoms with E-state index in [2.05, 4.69) is 28.2 Å². The topological polar surface area (TPSA) is 74.7 Å². The van der Waals surface area contributed by atoms with Crippen LogP contribution in [-0.2, 0) is 11.2 Å². The van der Waals surface area contributed by atoms with Gasteiger partial charge in [-0.15, -0.1) is 0 Å². The number of ether oxygens (including phenoxy) is 1. The molecule has 1 fully saturated rings. The molecular weight excluding hydrogens is 426 g/mol. The summed E-state index contributed by atoms with van der Waals surface area (Å²) in [5.74, 6) is 7.43. The Morgan fingerprint density at radius 1 is 1.21 bits per heavy atom. The molecule has 3 aromatic rings. The smallest absolute Gasteiger partial charge is 0.227 e. The van der Waals surface area contributed by atoms with Crippen LogP contribution in [-0.4, -0.2) is 47.2 Å². The highest BCUT2D eigenvalue weighted by atomic mass is 16.5. The monoisotopic (exact) mass is 453 g/mol. The Bertz CT molecular complexity index is 1250. The molecule has 34 heavy (non-hydrogen) atoms. The van der Waals surface area contributed by atoms with Crippen LogP contribution in [0.5, 0.6) is 5.75 Å². The predicted molar refractivity (Wildman–Crippen MR) is 130 cm³/mol. The van der Waals surface area contributed by atoms with Crippen LogP contribution in [0, 0.1) is 17.8 Å². The number of aromatic nitrogens is 1. The molecule has 5 rings (SSSR count). The van der Waals surface area contributed by atoms with Crippen molar-refractivity contribution in [3.8, 4) is 17.6 Å². The van der Waals surface area contributed by atoms with Gasteiger partial charge in [-0.05, 0) is 53.9 Å². The van der Waals surface area contributed by atoms with Gasteiger partial charge in [0.15, 0.2) is 0 Å². The van der Waals surface area contributed by atoms with Gasteiger partial charge in [0.25, 0.3) is 0 Å². The molecular formula is C28H27N3O3. The lowest BCUT2D eigenvalue weighted by molar-refractivity contribution is -0.131. The summed E-state index contributed by atoms with van der Waals surface area (Å²) in [6.07, 6.45) is 4.61. The Morgan fingerprint density at radius 2 is 2.09 bits per heavy atom. The van der Waals surface area contributed by atoms with Gasteiger partial charge < -0.3 is 20.1 Å². The Labute approximate surface area is 199 Å². The molecule has 0 saturated carbocycles. The third-order valence-electron chi connectivity index (χ3n) is 6.72. The zero-order valence-corrected chi connectivity index (χ0v) is 19.1. The number of hydrogen-bond donors (Lipinski definition) is 2. The number of anilines is 1. The number of rotatable bonds is 4. The molecule has 0 unspecified atom stereocenters. The summed E-state index contributed by atoms with van der Waals surface area (Å²) in [6.45, 7) is 0.698. The van der Waals surface area contributed by atoms with Crippen molar-refractivity contribution in [3.05, 3.63) is 89.2 Å². The van der Waals surface area contributed by atoms with Crippen molar-refractivity contribution in [1.82, 2.24) is 9.88 Å². The van der Waals surface area contributed by atoms with Crippen LogP contribution < -0.4 is 10.1 Å². The number of carbonyl (C=O) groups excluding carboxylic acids is 1. The van der Waals surface area contributed by atoms with Crippen LogP contribution in [0.3, 0.4) is 0 Å². The highest BCUT2D eigenvalue weighted by Gasteiger charge is 2.45. The number of methoxy groups -OCH3 is 1. The number of likely N-dealkylation sites (tertiary alicyclic amines) is 1. The van der Waals surface area contributed by atoms with E-state index in [0.29, 0.717) is 13.0 Å². The standard InChI is InChI=1S/C28H27N3O3/c1-34-26-7-3-2-6-21(26)10-8-19-9-11-24-23(15-19)28-22(25(18-32)30-24)12-14-31(28)27(33)16-20-5-4-13-29-17-20/h2-7,9,11,13,15,17,22,25,28,30,32H,12,14,16,18H2,1H3/t22-,25+,28-/m1/s1. The first kappa shape index (κ1) is 22.0. The average Bonchev–Trinajstić information content (AvgIpc) is 3.33. The van der Waals surface area contributed by atoms with Crippen LogP contribution in [0.25, 0.3) is 0 Å². The zero-order valence-electron chi connectivity index (χ0n) is 19.1. The van der Waals surface area contributed by atoms with E-state index in [1.165, 1.54) is 0 Å². The molecule has 2 aliphatic rings. The minimum Gasteiger partial charge on any atom is -0.495 e. The fraction of sp³-hybridized carbons (Fsp3) is 0.286. The van der Waals surface area contributed by atoms with E-state index < -0.39 is 0 Å². The molecule has 2 aliphatic heterocycles. The normalized spacial score (nSPS) is 20.4. The number of aliphatic hydroxyl groups is 1. The van der Waals surface area contributed by atoms with Gasteiger partial charge in [0.05, 0.1) is 37.8 Å². The number of fused-ring (bicyclic) bond motifs is 3. The van der Waals surface area contributed by atoms with Gasteiger partial charge in [-0.25, -0.2) is 0 Å². The van der Waals surface area contributed by atoms with E-state index in [4.69, 9.17) is 4.74 Å². The van der Waals surface area contributed by atoms with Gasteiger partial charge in [-0.1, -0.05) is 30.0 Å². The molecule has 3 atom stereocenters. The molecule has 0 radical (unpaired) electrons.